The molecule has 11 nitrogen and oxygen atoms in total. The largest absolute Gasteiger partial charge is 0.472 e. The molecule has 0 aromatic carbocycles. The Morgan fingerprint density at radius 2 is 1.31 bits per heavy atom. The summed E-state index contributed by atoms with van der Waals surface area (Å²) in [7, 11) is -4.63. The van der Waals surface area contributed by atoms with E-state index in [1.54, 1.807) is 12.2 Å². The number of phosphoric ester groups is 1. The molecule has 3 N–H and O–H groups in total. The minimum absolute atomic E-state index is 0.134. The van der Waals surface area contributed by atoms with Crippen molar-refractivity contribution in [1.29, 1.82) is 0 Å². The van der Waals surface area contributed by atoms with E-state index in [2.05, 4.69) is 25.3 Å². The lowest BCUT2D eigenvalue weighted by Crippen LogP contribution is -2.29. The number of unbranched alkanes of at least 4 members (excludes halogenated alkanes) is 12. The molecular formula is C36H65O11P. The van der Waals surface area contributed by atoms with Crippen LogP contribution in [0.3, 0.4) is 0 Å². The van der Waals surface area contributed by atoms with E-state index in [4.69, 9.17) is 19.1 Å². The van der Waals surface area contributed by atoms with E-state index in [0.29, 0.717) is 25.2 Å². The van der Waals surface area contributed by atoms with Crippen molar-refractivity contribution in [2.45, 2.75) is 155 Å². The van der Waals surface area contributed by atoms with Gasteiger partial charge in [-0.05, 0) is 44.1 Å². The first-order chi connectivity index (χ1) is 23.0. The van der Waals surface area contributed by atoms with Crippen molar-refractivity contribution in [3.63, 3.8) is 0 Å². The summed E-state index contributed by atoms with van der Waals surface area (Å²) in [6, 6.07) is 0. The topological polar surface area (TPSA) is 166 Å². The highest BCUT2D eigenvalue weighted by molar-refractivity contribution is 7.47. The molecule has 0 radical (unpaired) electrons. The lowest BCUT2D eigenvalue weighted by atomic mass is 10.0. The molecule has 0 bridgehead atoms. The number of hydrogen-bond acceptors (Lipinski definition) is 10. The highest BCUT2D eigenvalue weighted by Gasteiger charge is 2.27. The first-order valence-electron chi connectivity index (χ1n) is 18.1. The van der Waals surface area contributed by atoms with Gasteiger partial charge < -0.3 is 24.6 Å². The van der Waals surface area contributed by atoms with Gasteiger partial charge in [-0.1, -0.05) is 110 Å². The van der Waals surface area contributed by atoms with Crippen molar-refractivity contribution in [2.75, 3.05) is 26.4 Å². The predicted molar refractivity (Wildman–Crippen MR) is 187 cm³/mol. The van der Waals surface area contributed by atoms with Crippen LogP contribution >= 0.6 is 7.82 Å². The Morgan fingerprint density at radius 1 is 0.729 bits per heavy atom. The molecular weight excluding hydrogens is 639 g/mol. The van der Waals surface area contributed by atoms with Crippen molar-refractivity contribution >= 4 is 25.5 Å². The number of aliphatic hydroxyl groups excluding tert-OH is 2. The first kappa shape index (κ1) is 46.1. The molecule has 12 heteroatoms. The number of ketones is 1. The van der Waals surface area contributed by atoms with Gasteiger partial charge in [-0.25, -0.2) is 4.57 Å². The van der Waals surface area contributed by atoms with Gasteiger partial charge in [-0.2, -0.15) is 0 Å². The van der Waals surface area contributed by atoms with Crippen molar-refractivity contribution in [3.8, 4) is 0 Å². The highest BCUT2D eigenvalue weighted by Crippen LogP contribution is 2.43. The quantitative estimate of drug-likeness (QED) is 0.0201. The van der Waals surface area contributed by atoms with E-state index in [1.807, 2.05) is 12.2 Å². The molecule has 48 heavy (non-hydrogen) atoms. The van der Waals surface area contributed by atoms with E-state index in [9.17, 15) is 28.9 Å². The summed E-state index contributed by atoms with van der Waals surface area (Å²) < 4.78 is 32.4. The van der Waals surface area contributed by atoms with Crippen molar-refractivity contribution in [1.82, 2.24) is 0 Å². The minimum Gasteiger partial charge on any atom is -0.462 e. The second-order valence-electron chi connectivity index (χ2n) is 12.8. The fourth-order valence-electron chi connectivity index (χ4n) is 4.63. The number of allylic oxidation sites excluding steroid dienone is 4. The third-order valence-electron chi connectivity index (χ3n) is 7.51. The summed E-state index contributed by atoms with van der Waals surface area (Å²) in [6.07, 6.45) is 21.7. The van der Waals surface area contributed by atoms with Gasteiger partial charge in [0.1, 0.15) is 12.7 Å². The number of carbonyl (C=O) groups excluding carboxylic acids is 3. The van der Waals surface area contributed by atoms with Gasteiger partial charge in [0.05, 0.1) is 19.8 Å². The van der Waals surface area contributed by atoms with Crippen LogP contribution in [0.2, 0.25) is 0 Å². The second kappa shape index (κ2) is 31.1. The van der Waals surface area contributed by atoms with Gasteiger partial charge in [-0.15, -0.1) is 0 Å². The van der Waals surface area contributed by atoms with Crippen LogP contribution in [0.15, 0.2) is 24.3 Å². The van der Waals surface area contributed by atoms with Gasteiger partial charge in [0.2, 0.25) is 0 Å². The smallest absolute Gasteiger partial charge is 0.462 e. The van der Waals surface area contributed by atoms with E-state index >= 15 is 0 Å². The molecule has 0 spiro atoms. The fourth-order valence-corrected chi connectivity index (χ4v) is 5.42. The Hall–Kier alpha value is -1.88. The van der Waals surface area contributed by atoms with Gasteiger partial charge in [0, 0.05) is 19.3 Å². The maximum atomic E-state index is 12.5. The van der Waals surface area contributed by atoms with Gasteiger partial charge in [0.15, 0.2) is 11.9 Å². The van der Waals surface area contributed by atoms with Gasteiger partial charge in [-0.3, -0.25) is 23.4 Å². The zero-order valence-corrected chi connectivity index (χ0v) is 30.8. The van der Waals surface area contributed by atoms with E-state index < -0.39 is 51.8 Å². The molecule has 0 heterocycles. The number of aliphatic hydroxyl groups is 2. The highest BCUT2D eigenvalue weighted by atomic mass is 31.2. The van der Waals surface area contributed by atoms with E-state index in [0.717, 1.165) is 70.6 Å². The summed E-state index contributed by atoms with van der Waals surface area (Å²) >= 11 is 0. The van der Waals surface area contributed by atoms with Crippen LogP contribution in [0.5, 0.6) is 0 Å². The molecule has 0 aliphatic rings. The second-order valence-corrected chi connectivity index (χ2v) is 14.2. The standard InChI is InChI=1S/C36H65O11P/c1-4-5-17-23-32(38)24-19-14-9-7-6-8-10-16-21-26-36(41)47-34(30-46-48(42,43)45-28-33(39)27-37)29-44-35(40)25-20-15-12-11-13-18-22-31(2)3/h9,14,19,24,31,33-34,37,39H,4-8,10-13,15-18,20-23,25-30H2,1-3H3,(H,42,43)/b14-9-,24-19+/t33-,34+/m0/s1. The molecule has 0 aliphatic heterocycles. The lowest BCUT2D eigenvalue weighted by molar-refractivity contribution is -0.161. The third kappa shape index (κ3) is 31.4. The van der Waals surface area contributed by atoms with E-state index in [1.165, 1.54) is 19.3 Å². The number of ether oxygens (including phenoxy) is 2. The molecule has 0 saturated heterocycles. The van der Waals surface area contributed by atoms with Crippen LogP contribution in [0.1, 0.15) is 143 Å². The number of carbonyl (C=O) groups is 3. The summed E-state index contributed by atoms with van der Waals surface area (Å²) in [4.78, 5) is 46.4. The minimum atomic E-state index is -4.63. The number of phosphoric acid groups is 1. The van der Waals surface area contributed by atoms with Crippen LogP contribution in [-0.4, -0.2) is 71.5 Å². The number of rotatable bonds is 33. The van der Waals surface area contributed by atoms with Crippen molar-refractivity contribution in [3.05, 3.63) is 24.3 Å². The van der Waals surface area contributed by atoms with Crippen LogP contribution in [-0.2, 0) is 37.5 Å². The maximum Gasteiger partial charge on any atom is 0.472 e. The van der Waals surface area contributed by atoms with E-state index in [-0.39, 0.29) is 25.2 Å². The molecule has 0 rings (SSSR count). The van der Waals surface area contributed by atoms with Gasteiger partial charge >= 0.3 is 19.8 Å². The summed E-state index contributed by atoms with van der Waals surface area (Å²) in [5.41, 5.74) is 0. The van der Waals surface area contributed by atoms with Crippen LogP contribution in [0.4, 0.5) is 0 Å². The average molecular weight is 705 g/mol. The Kier molecular flexibility index (Phi) is 29.9. The van der Waals surface area contributed by atoms with Crippen LogP contribution in [0, 0.1) is 5.92 Å². The molecule has 0 aliphatic carbocycles. The zero-order chi connectivity index (χ0) is 35.9. The Labute approximate surface area is 289 Å². The van der Waals surface area contributed by atoms with Crippen LogP contribution in [0.25, 0.3) is 0 Å². The summed E-state index contributed by atoms with van der Waals surface area (Å²) in [5, 5.41) is 18.2. The SMILES string of the molecule is CCCCCC(=O)/C=C/C=C\CCCCCCCC(=O)O[C@H](COC(=O)CCCCCCCCC(C)C)COP(=O)(O)OC[C@@H](O)CO. The summed E-state index contributed by atoms with van der Waals surface area (Å²) in [5.74, 6) is -0.119. The molecule has 1 unspecified atom stereocenters. The van der Waals surface area contributed by atoms with Crippen LogP contribution < -0.4 is 0 Å². The average Bonchev–Trinajstić information content (AvgIpc) is 3.04. The molecule has 3 atom stereocenters. The zero-order valence-electron chi connectivity index (χ0n) is 29.9. The summed E-state index contributed by atoms with van der Waals surface area (Å²) in [6.45, 7) is 4.36. The predicted octanol–water partition coefficient (Wildman–Crippen LogP) is 7.70. The monoisotopic (exact) mass is 704 g/mol. The van der Waals surface area contributed by atoms with Crippen molar-refractivity contribution in [2.24, 2.45) is 5.92 Å². The molecule has 0 saturated carbocycles. The molecule has 0 fully saturated rings. The molecule has 0 amide bonds. The number of hydrogen-bond donors (Lipinski definition) is 3. The number of esters is 2. The Bertz CT molecular complexity index is 935. The fraction of sp³-hybridized carbons (Fsp3) is 0.806. The maximum absolute atomic E-state index is 12.5. The molecule has 0 aromatic rings. The van der Waals surface area contributed by atoms with Gasteiger partial charge in [0.25, 0.3) is 0 Å². The molecule has 280 valence electrons. The Balaban J connectivity index is 4.47. The third-order valence-corrected chi connectivity index (χ3v) is 8.46. The lowest BCUT2D eigenvalue weighted by Gasteiger charge is -2.20. The molecule has 0 aromatic heterocycles. The normalized spacial score (nSPS) is 14.4. The Morgan fingerprint density at radius 3 is 1.96 bits per heavy atom. The first-order valence-corrected chi connectivity index (χ1v) is 19.6. The van der Waals surface area contributed by atoms with Crippen molar-refractivity contribution < 1.29 is 52.6 Å².